The molecule has 0 unspecified atom stereocenters. The summed E-state index contributed by atoms with van der Waals surface area (Å²) in [6.07, 6.45) is 1.01. The summed E-state index contributed by atoms with van der Waals surface area (Å²) in [5.41, 5.74) is 7.59. The number of hydrogen-bond donors (Lipinski definition) is 1. The highest BCUT2D eigenvalue weighted by Gasteiger charge is 2.36. The molecule has 2 N–H and O–H groups in total. The number of carbonyl (C=O) groups is 1. The Morgan fingerprint density at radius 1 is 1.12 bits per heavy atom. The summed E-state index contributed by atoms with van der Waals surface area (Å²) < 4.78 is 6.94. The minimum Gasteiger partial charge on any atom is -0.497 e. The molecule has 0 radical (unpaired) electrons. The van der Waals surface area contributed by atoms with E-state index < -0.39 is 0 Å². The maximum atomic E-state index is 12.9. The van der Waals surface area contributed by atoms with E-state index in [9.17, 15) is 9.59 Å². The number of carbonyl (C=O) groups excluding carboxylic acids is 1. The number of aromatic nitrogens is 1. The molecule has 3 heterocycles. The summed E-state index contributed by atoms with van der Waals surface area (Å²) >= 11 is 0. The molecule has 1 aromatic heterocycles. The van der Waals surface area contributed by atoms with Gasteiger partial charge in [-0.1, -0.05) is 0 Å². The number of likely N-dealkylation sites (tertiary alicyclic amines) is 1. The molecular weight excluding hydrogens is 318 g/mol. The maximum Gasteiger partial charge on any atom is 0.273 e. The molecule has 25 heavy (non-hydrogen) atoms. The van der Waals surface area contributed by atoms with Gasteiger partial charge in [0.15, 0.2) is 0 Å². The quantitative estimate of drug-likeness (QED) is 0.903. The van der Waals surface area contributed by atoms with Crippen LogP contribution >= 0.6 is 0 Å². The van der Waals surface area contributed by atoms with Gasteiger partial charge in [-0.3, -0.25) is 9.59 Å². The van der Waals surface area contributed by atoms with Crippen LogP contribution in [0.1, 0.15) is 28.4 Å². The molecule has 2 atom stereocenters. The molecule has 1 fully saturated rings. The van der Waals surface area contributed by atoms with Crippen LogP contribution < -0.4 is 16.0 Å². The third-order valence-electron chi connectivity index (χ3n) is 5.26. The zero-order chi connectivity index (χ0) is 17.6. The van der Waals surface area contributed by atoms with Crippen LogP contribution in [0.4, 0.5) is 5.69 Å². The predicted molar refractivity (Wildman–Crippen MR) is 94.9 cm³/mol. The number of nitrogens with two attached hydrogens (primary N) is 1. The average Bonchev–Trinajstić information content (AvgIpc) is 2.64. The summed E-state index contributed by atoms with van der Waals surface area (Å²) in [5, 5.41) is 0. The SMILES string of the molecule is COc1ccc(C(=O)N2C[C@@H]3C[C@H](C2)c2ccc(N)c(=O)n2C3)cc1. The molecular formula is C19H21N3O3. The lowest BCUT2D eigenvalue weighted by Crippen LogP contribution is -2.49. The Hall–Kier alpha value is -2.76. The van der Waals surface area contributed by atoms with Crippen molar-refractivity contribution >= 4 is 11.6 Å². The van der Waals surface area contributed by atoms with E-state index in [1.807, 2.05) is 11.0 Å². The number of ether oxygens (including phenoxy) is 1. The zero-order valence-corrected chi connectivity index (χ0v) is 14.1. The van der Waals surface area contributed by atoms with Gasteiger partial charge in [0.1, 0.15) is 5.75 Å². The summed E-state index contributed by atoms with van der Waals surface area (Å²) in [5.74, 6) is 1.23. The third-order valence-corrected chi connectivity index (χ3v) is 5.26. The van der Waals surface area contributed by atoms with Gasteiger partial charge in [-0.05, 0) is 48.7 Å². The molecule has 2 bridgehead atoms. The zero-order valence-electron chi connectivity index (χ0n) is 14.1. The second kappa shape index (κ2) is 5.95. The lowest BCUT2D eigenvalue weighted by atomic mass is 9.83. The van der Waals surface area contributed by atoms with E-state index in [2.05, 4.69) is 0 Å². The number of methoxy groups -OCH3 is 1. The van der Waals surface area contributed by atoms with Crippen LogP contribution in [0.15, 0.2) is 41.2 Å². The smallest absolute Gasteiger partial charge is 0.273 e. The van der Waals surface area contributed by atoms with E-state index in [1.165, 1.54) is 0 Å². The minimum absolute atomic E-state index is 0.0311. The Morgan fingerprint density at radius 3 is 2.60 bits per heavy atom. The van der Waals surface area contributed by atoms with Gasteiger partial charge in [0.05, 0.1) is 12.8 Å². The van der Waals surface area contributed by atoms with E-state index in [1.54, 1.807) is 42.0 Å². The summed E-state index contributed by atoms with van der Waals surface area (Å²) in [7, 11) is 1.61. The third kappa shape index (κ3) is 2.67. The molecule has 2 aliphatic rings. The highest BCUT2D eigenvalue weighted by molar-refractivity contribution is 5.94. The Morgan fingerprint density at radius 2 is 1.88 bits per heavy atom. The predicted octanol–water partition coefficient (Wildman–Crippen LogP) is 1.70. The number of nitrogen functional groups attached to an aromatic ring is 1. The first-order valence-corrected chi connectivity index (χ1v) is 8.49. The van der Waals surface area contributed by atoms with Crippen molar-refractivity contribution < 1.29 is 9.53 Å². The van der Waals surface area contributed by atoms with Gasteiger partial charge in [0.25, 0.3) is 11.5 Å². The number of nitrogens with zero attached hydrogens (tertiary/aromatic N) is 2. The summed E-state index contributed by atoms with van der Waals surface area (Å²) in [4.78, 5) is 27.1. The van der Waals surface area contributed by atoms with Gasteiger partial charge in [-0.25, -0.2) is 0 Å². The van der Waals surface area contributed by atoms with Crippen LogP contribution in [0.3, 0.4) is 0 Å². The van der Waals surface area contributed by atoms with Crippen molar-refractivity contribution in [1.82, 2.24) is 9.47 Å². The monoisotopic (exact) mass is 339 g/mol. The number of amides is 1. The molecule has 2 aromatic rings. The lowest BCUT2D eigenvalue weighted by Gasteiger charge is -2.42. The second-order valence-corrected chi connectivity index (χ2v) is 6.87. The van der Waals surface area contributed by atoms with Crippen molar-refractivity contribution in [1.29, 1.82) is 0 Å². The molecule has 6 nitrogen and oxygen atoms in total. The Kier molecular flexibility index (Phi) is 3.75. The molecule has 1 saturated heterocycles. The van der Waals surface area contributed by atoms with Gasteiger partial charge in [-0.15, -0.1) is 0 Å². The normalized spacial score (nSPS) is 21.6. The maximum absolute atomic E-state index is 12.9. The largest absolute Gasteiger partial charge is 0.497 e. The summed E-state index contributed by atoms with van der Waals surface area (Å²) in [6, 6.07) is 10.8. The molecule has 6 heteroatoms. The Bertz CT molecular complexity index is 872. The molecule has 1 amide bonds. The highest BCUT2D eigenvalue weighted by Crippen LogP contribution is 2.35. The second-order valence-electron chi connectivity index (χ2n) is 6.87. The fourth-order valence-electron chi connectivity index (χ4n) is 4.04. The Labute approximate surface area is 145 Å². The van der Waals surface area contributed by atoms with E-state index in [0.29, 0.717) is 25.2 Å². The van der Waals surface area contributed by atoms with Gasteiger partial charge in [0, 0.05) is 36.8 Å². The van der Waals surface area contributed by atoms with Gasteiger partial charge in [0.2, 0.25) is 0 Å². The van der Waals surface area contributed by atoms with Crippen LogP contribution in [0.25, 0.3) is 0 Å². The van der Waals surface area contributed by atoms with Crippen LogP contribution in [-0.4, -0.2) is 35.6 Å². The summed E-state index contributed by atoms with van der Waals surface area (Å²) in [6.45, 7) is 1.93. The number of benzene rings is 1. The van der Waals surface area contributed by atoms with E-state index >= 15 is 0 Å². The van der Waals surface area contributed by atoms with Gasteiger partial charge in [-0.2, -0.15) is 0 Å². The van der Waals surface area contributed by atoms with Crippen molar-refractivity contribution in [2.24, 2.45) is 5.92 Å². The molecule has 0 spiro atoms. The number of anilines is 1. The van der Waals surface area contributed by atoms with Crippen LogP contribution in [-0.2, 0) is 6.54 Å². The number of piperidine rings is 1. The Balaban J connectivity index is 1.60. The molecule has 0 aliphatic carbocycles. The first-order chi connectivity index (χ1) is 12.1. The van der Waals surface area contributed by atoms with E-state index in [-0.39, 0.29) is 29.0 Å². The topological polar surface area (TPSA) is 77.6 Å². The molecule has 130 valence electrons. The first-order valence-electron chi connectivity index (χ1n) is 8.49. The fraction of sp³-hybridized carbons (Fsp3) is 0.368. The van der Waals surface area contributed by atoms with Crippen molar-refractivity contribution in [2.45, 2.75) is 18.9 Å². The molecule has 2 aliphatic heterocycles. The van der Waals surface area contributed by atoms with Crippen LogP contribution in [0, 0.1) is 5.92 Å². The standard InChI is InChI=1S/C19H21N3O3/c1-25-15-4-2-13(3-5-15)18(23)21-9-12-8-14(11-21)17-7-6-16(20)19(24)22(17)10-12/h2-7,12,14H,8-11,20H2,1H3/t12-,14+/m0/s1. The van der Waals surface area contributed by atoms with E-state index in [0.717, 1.165) is 17.9 Å². The van der Waals surface area contributed by atoms with Crippen molar-refractivity contribution in [3.63, 3.8) is 0 Å². The van der Waals surface area contributed by atoms with Crippen LogP contribution in [0.5, 0.6) is 5.75 Å². The molecule has 1 aromatic carbocycles. The van der Waals surface area contributed by atoms with Gasteiger partial charge >= 0.3 is 0 Å². The minimum atomic E-state index is -0.109. The number of hydrogen-bond acceptors (Lipinski definition) is 4. The lowest BCUT2D eigenvalue weighted by molar-refractivity contribution is 0.0594. The number of rotatable bonds is 2. The highest BCUT2D eigenvalue weighted by atomic mass is 16.5. The molecule has 0 saturated carbocycles. The first kappa shape index (κ1) is 15.7. The molecule has 4 rings (SSSR count). The average molecular weight is 339 g/mol. The van der Waals surface area contributed by atoms with Gasteiger partial charge < -0.3 is 19.9 Å². The van der Waals surface area contributed by atoms with Crippen molar-refractivity contribution in [3.8, 4) is 5.75 Å². The number of pyridine rings is 1. The van der Waals surface area contributed by atoms with Crippen molar-refractivity contribution in [3.05, 3.63) is 58.0 Å². The van der Waals surface area contributed by atoms with E-state index in [4.69, 9.17) is 10.5 Å². The fourth-order valence-corrected chi connectivity index (χ4v) is 4.04. The van der Waals surface area contributed by atoms with Crippen molar-refractivity contribution in [2.75, 3.05) is 25.9 Å². The van der Waals surface area contributed by atoms with Crippen LogP contribution in [0.2, 0.25) is 0 Å². The number of fused-ring (bicyclic) bond motifs is 4.